The topological polar surface area (TPSA) is 54.5 Å². The van der Waals surface area contributed by atoms with Crippen molar-refractivity contribution < 1.29 is 0 Å². The summed E-state index contributed by atoms with van der Waals surface area (Å²) in [6.45, 7) is 4.98. The van der Waals surface area contributed by atoms with Crippen molar-refractivity contribution in [2.24, 2.45) is 0 Å². The van der Waals surface area contributed by atoms with Crippen LogP contribution in [0, 0.1) is 18.3 Å². The van der Waals surface area contributed by atoms with Crippen LogP contribution in [-0.4, -0.2) is 14.8 Å². The number of hydrogen-bond acceptors (Lipinski definition) is 4. The zero-order valence-electron chi connectivity index (χ0n) is 13.7. The van der Waals surface area contributed by atoms with Gasteiger partial charge in [-0.15, -0.1) is 10.2 Å². The first kappa shape index (κ1) is 16.3. The molecular formula is C19H18N4S. The lowest BCUT2D eigenvalue weighted by atomic mass is 10.1. The van der Waals surface area contributed by atoms with Crippen molar-refractivity contribution in [3.05, 3.63) is 65.2 Å². The van der Waals surface area contributed by atoms with Crippen LogP contribution in [0.4, 0.5) is 0 Å². The Morgan fingerprint density at radius 3 is 2.58 bits per heavy atom. The van der Waals surface area contributed by atoms with Gasteiger partial charge in [0.1, 0.15) is 0 Å². The predicted octanol–water partition coefficient (Wildman–Crippen LogP) is 4.44. The van der Waals surface area contributed by atoms with Crippen LogP contribution in [0.5, 0.6) is 0 Å². The molecule has 3 rings (SSSR count). The van der Waals surface area contributed by atoms with Gasteiger partial charge in [-0.3, -0.25) is 0 Å². The number of aryl methyl sites for hydroxylation is 1. The number of aromatic nitrogens is 3. The lowest BCUT2D eigenvalue weighted by molar-refractivity contribution is 0.687. The summed E-state index contributed by atoms with van der Waals surface area (Å²) in [6, 6.07) is 18.1. The molecule has 0 saturated heterocycles. The number of nitrogens with zero attached hydrogens (tertiary/aromatic N) is 4. The van der Waals surface area contributed by atoms with E-state index < -0.39 is 0 Å². The standard InChI is InChI=1S/C19H18N4S/c1-3-23-18(17-11-7-4-8-14(17)2)21-22-19(23)24-13-16-10-6-5-9-15(16)12-20/h4-11H,3,13H2,1-2H3. The van der Waals surface area contributed by atoms with Crippen molar-refractivity contribution in [1.82, 2.24) is 14.8 Å². The summed E-state index contributed by atoms with van der Waals surface area (Å²) in [6.07, 6.45) is 0. The van der Waals surface area contributed by atoms with Gasteiger partial charge >= 0.3 is 0 Å². The highest BCUT2D eigenvalue weighted by Crippen LogP contribution is 2.28. The highest BCUT2D eigenvalue weighted by molar-refractivity contribution is 7.98. The molecule has 0 aliphatic rings. The summed E-state index contributed by atoms with van der Waals surface area (Å²) in [7, 11) is 0. The molecule has 0 aliphatic carbocycles. The Balaban J connectivity index is 1.88. The number of hydrogen-bond donors (Lipinski definition) is 0. The van der Waals surface area contributed by atoms with Gasteiger partial charge in [-0.2, -0.15) is 5.26 Å². The molecule has 0 amide bonds. The highest BCUT2D eigenvalue weighted by atomic mass is 32.2. The van der Waals surface area contributed by atoms with Gasteiger partial charge in [-0.1, -0.05) is 54.2 Å². The average Bonchev–Trinajstić information content (AvgIpc) is 3.03. The minimum Gasteiger partial charge on any atom is -0.302 e. The summed E-state index contributed by atoms with van der Waals surface area (Å²) in [4.78, 5) is 0. The van der Waals surface area contributed by atoms with Crippen LogP contribution in [0.3, 0.4) is 0 Å². The number of benzene rings is 2. The van der Waals surface area contributed by atoms with Gasteiger partial charge in [0.05, 0.1) is 11.6 Å². The first-order valence-corrected chi connectivity index (χ1v) is 8.83. The Morgan fingerprint density at radius 1 is 1.08 bits per heavy atom. The smallest absolute Gasteiger partial charge is 0.191 e. The average molecular weight is 334 g/mol. The van der Waals surface area contributed by atoms with Gasteiger partial charge in [0.2, 0.25) is 0 Å². The van der Waals surface area contributed by atoms with Crippen molar-refractivity contribution in [2.75, 3.05) is 0 Å². The molecule has 120 valence electrons. The molecule has 0 bridgehead atoms. The van der Waals surface area contributed by atoms with Crippen molar-refractivity contribution in [3.8, 4) is 17.5 Å². The number of nitriles is 1. The van der Waals surface area contributed by atoms with Gasteiger partial charge in [-0.05, 0) is 31.0 Å². The summed E-state index contributed by atoms with van der Waals surface area (Å²) in [5.74, 6) is 1.60. The maximum atomic E-state index is 9.21. The Kier molecular flexibility index (Phi) is 4.97. The van der Waals surface area contributed by atoms with E-state index in [9.17, 15) is 5.26 Å². The Morgan fingerprint density at radius 2 is 1.83 bits per heavy atom. The third kappa shape index (κ3) is 3.19. The third-order valence-electron chi connectivity index (χ3n) is 3.91. The van der Waals surface area contributed by atoms with Gasteiger partial charge in [-0.25, -0.2) is 0 Å². The maximum absolute atomic E-state index is 9.21. The molecule has 0 saturated carbocycles. The van der Waals surface area contributed by atoms with E-state index in [1.807, 2.05) is 36.4 Å². The largest absolute Gasteiger partial charge is 0.302 e. The van der Waals surface area contributed by atoms with E-state index in [-0.39, 0.29) is 0 Å². The molecule has 4 nitrogen and oxygen atoms in total. The first-order valence-electron chi connectivity index (χ1n) is 7.84. The van der Waals surface area contributed by atoms with Crippen molar-refractivity contribution in [1.29, 1.82) is 5.26 Å². The second-order valence-corrected chi connectivity index (χ2v) is 6.37. The van der Waals surface area contributed by atoms with Crippen LogP contribution in [0.2, 0.25) is 0 Å². The molecule has 24 heavy (non-hydrogen) atoms. The van der Waals surface area contributed by atoms with Gasteiger partial charge in [0.25, 0.3) is 0 Å². The minimum atomic E-state index is 0.704. The van der Waals surface area contributed by atoms with Crippen molar-refractivity contribution in [2.45, 2.75) is 31.3 Å². The fourth-order valence-corrected chi connectivity index (χ4v) is 3.61. The summed E-state index contributed by atoms with van der Waals surface area (Å²) < 4.78 is 2.13. The molecule has 0 fully saturated rings. The Hall–Kier alpha value is -2.58. The molecule has 3 aromatic rings. The molecule has 0 N–H and O–H groups in total. The zero-order chi connectivity index (χ0) is 16.9. The first-order chi connectivity index (χ1) is 11.7. The lowest BCUT2D eigenvalue weighted by Gasteiger charge is -2.09. The fourth-order valence-electron chi connectivity index (χ4n) is 2.60. The molecule has 0 unspecified atom stereocenters. The number of thioether (sulfide) groups is 1. The van der Waals surface area contributed by atoms with Crippen LogP contribution < -0.4 is 0 Å². The van der Waals surface area contributed by atoms with Crippen LogP contribution in [0.25, 0.3) is 11.4 Å². The fraction of sp³-hybridized carbons (Fsp3) is 0.211. The lowest BCUT2D eigenvalue weighted by Crippen LogP contribution is -2.01. The van der Waals surface area contributed by atoms with Crippen LogP contribution in [-0.2, 0) is 12.3 Å². The zero-order valence-corrected chi connectivity index (χ0v) is 14.5. The van der Waals surface area contributed by atoms with E-state index in [2.05, 4.69) is 46.8 Å². The van der Waals surface area contributed by atoms with Crippen LogP contribution >= 0.6 is 11.8 Å². The summed E-state index contributed by atoms with van der Waals surface area (Å²) in [5.41, 5.74) is 4.03. The second kappa shape index (κ2) is 7.33. The van der Waals surface area contributed by atoms with Crippen molar-refractivity contribution >= 4 is 11.8 Å². The minimum absolute atomic E-state index is 0.704. The van der Waals surface area contributed by atoms with E-state index >= 15 is 0 Å². The SMILES string of the molecule is CCn1c(SCc2ccccc2C#N)nnc1-c1ccccc1C. The van der Waals surface area contributed by atoms with E-state index in [0.717, 1.165) is 28.7 Å². The molecule has 0 atom stereocenters. The normalized spacial score (nSPS) is 10.5. The Labute approximate surface area is 146 Å². The van der Waals surface area contributed by atoms with E-state index in [1.165, 1.54) is 5.56 Å². The van der Waals surface area contributed by atoms with E-state index in [0.29, 0.717) is 11.3 Å². The molecule has 2 aromatic carbocycles. The third-order valence-corrected chi connectivity index (χ3v) is 4.93. The molecular weight excluding hydrogens is 316 g/mol. The van der Waals surface area contributed by atoms with E-state index in [4.69, 9.17) is 0 Å². The number of rotatable bonds is 5. The van der Waals surface area contributed by atoms with Gasteiger partial charge in [0, 0.05) is 17.9 Å². The predicted molar refractivity (Wildman–Crippen MR) is 96.6 cm³/mol. The van der Waals surface area contributed by atoms with Gasteiger partial charge < -0.3 is 4.57 Å². The van der Waals surface area contributed by atoms with Crippen LogP contribution in [0.15, 0.2) is 53.7 Å². The quantitative estimate of drug-likeness (QED) is 0.647. The molecule has 0 aliphatic heterocycles. The van der Waals surface area contributed by atoms with E-state index in [1.54, 1.807) is 11.8 Å². The molecule has 1 aromatic heterocycles. The summed E-state index contributed by atoms with van der Waals surface area (Å²) in [5, 5.41) is 18.9. The van der Waals surface area contributed by atoms with Crippen molar-refractivity contribution in [3.63, 3.8) is 0 Å². The van der Waals surface area contributed by atoms with Gasteiger partial charge in [0.15, 0.2) is 11.0 Å². The molecule has 0 spiro atoms. The highest BCUT2D eigenvalue weighted by Gasteiger charge is 2.15. The molecule has 0 radical (unpaired) electrons. The maximum Gasteiger partial charge on any atom is 0.191 e. The molecule has 1 heterocycles. The molecule has 5 heteroatoms. The summed E-state index contributed by atoms with van der Waals surface area (Å²) >= 11 is 1.61. The second-order valence-electron chi connectivity index (χ2n) is 5.42. The monoisotopic (exact) mass is 334 g/mol. The van der Waals surface area contributed by atoms with Crippen LogP contribution in [0.1, 0.15) is 23.6 Å². The Bertz CT molecular complexity index is 892.